The van der Waals surface area contributed by atoms with Crippen molar-refractivity contribution in [3.8, 4) is 11.5 Å². The van der Waals surface area contributed by atoms with Crippen LogP contribution >= 0.6 is 12.6 Å². The predicted octanol–water partition coefficient (Wildman–Crippen LogP) is 1.95. The molecule has 0 saturated carbocycles. The van der Waals surface area contributed by atoms with Gasteiger partial charge in [0.1, 0.15) is 11.5 Å². The molecule has 0 heterocycles. The lowest BCUT2D eigenvalue weighted by molar-refractivity contribution is -0.120. The van der Waals surface area contributed by atoms with Gasteiger partial charge in [0.05, 0.1) is 14.2 Å². The minimum Gasteiger partial charge on any atom is -0.496 e. The summed E-state index contributed by atoms with van der Waals surface area (Å²) in [7, 11) is 3.23. The Morgan fingerprint density at radius 3 is 2.61 bits per heavy atom. The van der Waals surface area contributed by atoms with Crippen LogP contribution in [0.4, 0.5) is 0 Å². The molecule has 0 aliphatic heterocycles. The second-order valence-corrected chi connectivity index (χ2v) is 4.28. The molecule has 0 spiro atoms. The molecule has 0 atom stereocenters. The van der Waals surface area contributed by atoms with E-state index in [0.29, 0.717) is 18.7 Å². The van der Waals surface area contributed by atoms with Crippen molar-refractivity contribution in [1.82, 2.24) is 5.32 Å². The van der Waals surface area contributed by atoms with Crippen LogP contribution < -0.4 is 14.8 Å². The Morgan fingerprint density at radius 2 is 2.06 bits per heavy atom. The molecule has 4 nitrogen and oxygen atoms in total. The minimum absolute atomic E-state index is 0.0134. The third kappa shape index (κ3) is 3.57. The second kappa shape index (κ2) is 7.16. The lowest BCUT2D eigenvalue weighted by Crippen LogP contribution is -2.23. The van der Waals surface area contributed by atoms with Crippen molar-refractivity contribution in [3.05, 3.63) is 23.3 Å². The average Bonchev–Trinajstić information content (AvgIpc) is 2.36. The summed E-state index contributed by atoms with van der Waals surface area (Å²) in [6, 6.07) is 3.77. The molecular weight excluding hydrogens is 250 g/mol. The van der Waals surface area contributed by atoms with E-state index in [1.807, 2.05) is 19.1 Å². The largest absolute Gasteiger partial charge is 0.496 e. The maximum absolute atomic E-state index is 11.4. The summed E-state index contributed by atoms with van der Waals surface area (Å²) in [5.74, 6) is 2.06. The first kappa shape index (κ1) is 14.7. The van der Waals surface area contributed by atoms with Crippen LogP contribution in [0.15, 0.2) is 12.1 Å². The molecule has 1 rings (SSSR count). The van der Waals surface area contributed by atoms with Gasteiger partial charge in [-0.1, -0.05) is 0 Å². The summed E-state index contributed by atoms with van der Waals surface area (Å²) in [5, 5.41) is 2.83. The molecule has 0 aromatic heterocycles. The van der Waals surface area contributed by atoms with Crippen LogP contribution in [0.5, 0.6) is 11.5 Å². The zero-order valence-electron chi connectivity index (χ0n) is 10.9. The van der Waals surface area contributed by atoms with Gasteiger partial charge in [-0.05, 0) is 24.8 Å². The Kier molecular flexibility index (Phi) is 5.85. The number of carbonyl (C=O) groups is 1. The number of amides is 1. The highest BCUT2D eigenvalue weighted by Gasteiger charge is 2.11. The van der Waals surface area contributed by atoms with Gasteiger partial charge < -0.3 is 14.8 Å². The van der Waals surface area contributed by atoms with Gasteiger partial charge in [0, 0.05) is 24.1 Å². The fourth-order valence-corrected chi connectivity index (χ4v) is 1.96. The van der Waals surface area contributed by atoms with Gasteiger partial charge in [0.2, 0.25) is 5.91 Å². The van der Waals surface area contributed by atoms with Crippen LogP contribution in [0.2, 0.25) is 0 Å². The first-order chi connectivity index (χ1) is 8.63. The van der Waals surface area contributed by atoms with Crippen molar-refractivity contribution in [3.63, 3.8) is 0 Å². The Hall–Kier alpha value is -1.36. The van der Waals surface area contributed by atoms with Crippen molar-refractivity contribution in [2.24, 2.45) is 0 Å². The molecule has 1 N–H and O–H groups in total. The highest BCUT2D eigenvalue weighted by Crippen LogP contribution is 2.31. The minimum atomic E-state index is -0.0134. The number of thiol groups is 1. The van der Waals surface area contributed by atoms with E-state index in [9.17, 15) is 4.79 Å². The summed E-state index contributed by atoms with van der Waals surface area (Å²) >= 11 is 4.02. The third-order valence-electron chi connectivity index (χ3n) is 2.68. The highest BCUT2D eigenvalue weighted by molar-refractivity contribution is 7.80. The van der Waals surface area contributed by atoms with Crippen molar-refractivity contribution >= 4 is 18.5 Å². The number of benzene rings is 1. The Morgan fingerprint density at radius 1 is 1.33 bits per heavy atom. The summed E-state index contributed by atoms with van der Waals surface area (Å²) in [5.41, 5.74) is 1.87. The van der Waals surface area contributed by atoms with E-state index < -0.39 is 0 Å². The van der Waals surface area contributed by atoms with Crippen LogP contribution in [0.25, 0.3) is 0 Å². The zero-order chi connectivity index (χ0) is 13.5. The maximum atomic E-state index is 11.4. The molecule has 0 bridgehead atoms. The van der Waals surface area contributed by atoms with Crippen LogP contribution in [0.1, 0.15) is 17.5 Å². The van der Waals surface area contributed by atoms with E-state index in [4.69, 9.17) is 9.47 Å². The fraction of sp³-hybridized carbons (Fsp3) is 0.462. The number of hydrogen-bond donors (Lipinski definition) is 2. The van der Waals surface area contributed by atoms with E-state index in [2.05, 4.69) is 17.9 Å². The molecule has 0 fully saturated rings. The zero-order valence-corrected chi connectivity index (χ0v) is 11.8. The first-order valence-corrected chi connectivity index (χ1v) is 6.35. The fourth-order valence-electron chi connectivity index (χ4n) is 1.76. The number of nitrogens with one attached hydrogen (secondary N) is 1. The van der Waals surface area contributed by atoms with Crippen molar-refractivity contribution in [2.45, 2.75) is 19.9 Å². The molecule has 18 heavy (non-hydrogen) atoms. The predicted molar refractivity (Wildman–Crippen MR) is 74.6 cm³/mol. The second-order valence-electron chi connectivity index (χ2n) is 3.84. The van der Waals surface area contributed by atoms with Crippen molar-refractivity contribution < 1.29 is 14.3 Å². The van der Waals surface area contributed by atoms with Crippen LogP contribution in [0, 0.1) is 6.92 Å². The van der Waals surface area contributed by atoms with Gasteiger partial charge in [0.15, 0.2) is 0 Å². The van der Waals surface area contributed by atoms with E-state index in [1.54, 1.807) is 14.2 Å². The van der Waals surface area contributed by atoms with Crippen LogP contribution in [0.3, 0.4) is 0 Å². The number of carbonyl (C=O) groups excluding carboxylic acids is 1. The van der Waals surface area contributed by atoms with Gasteiger partial charge in [-0.25, -0.2) is 0 Å². The quantitative estimate of drug-likeness (QED) is 0.776. The molecular formula is C13H19NO3S. The third-order valence-corrected chi connectivity index (χ3v) is 2.90. The number of rotatable bonds is 6. The van der Waals surface area contributed by atoms with Crippen molar-refractivity contribution in [2.75, 3.05) is 20.0 Å². The molecule has 0 radical (unpaired) electrons. The lowest BCUT2D eigenvalue weighted by Gasteiger charge is -2.14. The average molecular weight is 269 g/mol. The molecule has 0 aliphatic rings. The Balaban J connectivity index is 2.83. The lowest BCUT2D eigenvalue weighted by atomic mass is 10.1. The highest BCUT2D eigenvalue weighted by atomic mass is 32.1. The topological polar surface area (TPSA) is 47.6 Å². The molecule has 1 aromatic rings. The van der Waals surface area contributed by atoms with E-state index in [1.165, 1.54) is 0 Å². The normalized spacial score (nSPS) is 10.0. The van der Waals surface area contributed by atoms with Gasteiger partial charge in [0.25, 0.3) is 0 Å². The SMILES string of the molecule is COc1ccc(CNC(=O)CCS)c(OC)c1C. The van der Waals surface area contributed by atoms with Gasteiger partial charge in [-0.2, -0.15) is 12.6 Å². The van der Waals surface area contributed by atoms with E-state index in [-0.39, 0.29) is 5.91 Å². The van der Waals surface area contributed by atoms with Crippen LogP contribution in [-0.4, -0.2) is 25.9 Å². The standard InChI is InChI=1S/C13H19NO3S/c1-9-11(16-2)5-4-10(13(9)17-3)8-14-12(15)6-7-18/h4-5,18H,6-8H2,1-3H3,(H,14,15). The number of ether oxygens (including phenoxy) is 2. The summed E-state index contributed by atoms with van der Waals surface area (Å²) in [4.78, 5) is 11.4. The maximum Gasteiger partial charge on any atom is 0.221 e. The smallest absolute Gasteiger partial charge is 0.221 e. The van der Waals surface area contributed by atoms with E-state index in [0.717, 1.165) is 22.6 Å². The van der Waals surface area contributed by atoms with Gasteiger partial charge in [-0.15, -0.1) is 0 Å². The Labute approximate surface area is 113 Å². The number of methoxy groups -OCH3 is 2. The van der Waals surface area contributed by atoms with Crippen molar-refractivity contribution in [1.29, 1.82) is 0 Å². The monoisotopic (exact) mass is 269 g/mol. The molecule has 0 aliphatic carbocycles. The molecule has 0 saturated heterocycles. The molecule has 1 amide bonds. The molecule has 100 valence electrons. The van der Waals surface area contributed by atoms with Crippen LogP contribution in [-0.2, 0) is 11.3 Å². The summed E-state index contributed by atoms with van der Waals surface area (Å²) < 4.78 is 10.6. The Bertz CT molecular complexity index is 421. The molecule has 5 heteroatoms. The van der Waals surface area contributed by atoms with Gasteiger partial charge in [-0.3, -0.25) is 4.79 Å². The first-order valence-electron chi connectivity index (χ1n) is 5.72. The summed E-state index contributed by atoms with van der Waals surface area (Å²) in [6.45, 7) is 2.37. The molecule has 0 unspecified atom stereocenters. The number of hydrogen-bond acceptors (Lipinski definition) is 4. The summed E-state index contributed by atoms with van der Waals surface area (Å²) in [6.07, 6.45) is 0.417. The van der Waals surface area contributed by atoms with Gasteiger partial charge >= 0.3 is 0 Å². The van der Waals surface area contributed by atoms with E-state index >= 15 is 0 Å². The molecule has 1 aromatic carbocycles.